The molecule has 44 valence electrons. The van der Waals surface area contributed by atoms with E-state index in [1.807, 2.05) is 6.08 Å². The first-order valence-electron chi connectivity index (χ1n) is 2.57. The van der Waals surface area contributed by atoms with E-state index in [9.17, 15) is 0 Å². The van der Waals surface area contributed by atoms with E-state index >= 15 is 0 Å². The normalized spacial score (nSPS) is 8.00. The van der Waals surface area contributed by atoms with E-state index in [2.05, 4.69) is 24.1 Å². The Bertz CT molecular complexity index is 155. The Balaban J connectivity index is 0.000000640. The molecule has 1 aromatic heterocycles. The van der Waals surface area contributed by atoms with E-state index in [0.29, 0.717) is 0 Å². The monoisotopic (exact) mass is 148 g/mol. The van der Waals surface area contributed by atoms with Gasteiger partial charge in [0.1, 0.15) is 0 Å². The number of thiophene rings is 1. The van der Waals surface area contributed by atoms with Crippen LogP contribution in [0.4, 0.5) is 0 Å². The zero-order valence-electron chi connectivity index (χ0n) is 4.63. The Kier molecular flexibility index (Phi) is 5.50. The van der Waals surface area contributed by atoms with Crippen LogP contribution >= 0.6 is 11.3 Å². The van der Waals surface area contributed by atoms with Crippen molar-refractivity contribution in [3.05, 3.63) is 35.0 Å². The molecule has 0 saturated carbocycles. The molecule has 0 nitrogen and oxygen atoms in total. The van der Waals surface area contributed by atoms with Gasteiger partial charge >= 0.3 is 29.6 Å². The van der Waals surface area contributed by atoms with Gasteiger partial charge in [-0.15, -0.1) is 17.9 Å². The maximum absolute atomic E-state index is 3.64. The molecular weight excluding hydrogens is 139 g/mol. The van der Waals surface area contributed by atoms with Gasteiger partial charge in [-0.2, -0.15) is 0 Å². The van der Waals surface area contributed by atoms with Gasteiger partial charge in [-0.05, 0) is 17.9 Å². The third-order valence-electron chi connectivity index (χ3n) is 0.926. The molecule has 0 aliphatic carbocycles. The zero-order valence-corrected chi connectivity index (χ0v) is 5.45. The van der Waals surface area contributed by atoms with Gasteiger partial charge in [0.25, 0.3) is 0 Å². The van der Waals surface area contributed by atoms with E-state index in [4.69, 9.17) is 0 Å². The molecule has 0 N–H and O–H groups in total. The molecule has 0 bridgehead atoms. The first-order chi connectivity index (χ1) is 3.93. The van der Waals surface area contributed by atoms with Crippen LogP contribution in [0.1, 0.15) is 4.88 Å². The Morgan fingerprint density at radius 1 is 1.67 bits per heavy atom. The van der Waals surface area contributed by atoms with Crippen molar-refractivity contribution in [2.45, 2.75) is 6.42 Å². The fraction of sp³-hybridized carbons (Fsp3) is 0.143. The molecule has 0 amide bonds. The Morgan fingerprint density at radius 2 is 2.44 bits per heavy atom. The fourth-order valence-electron chi connectivity index (χ4n) is 0.571. The summed E-state index contributed by atoms with van der Waals surface area (Å²) in [6.07, 6.45) is 2.93. The van der Waals surface area contributed by atoms with Crippen LogP contribution in [0.2, 0.25) is 0 Å². The van der Waals surface area contributed by atoms with Gasteiger partial charge in [0.2, 0.25) is 0 Å². The van der Waals surface area contributed by atoms with Gasteiger partial charge < -0.3 is 0 Å². The van der Waals surface area contributed by atoms with Crippen LogP contribution in [0, 0.1) is 0 Å². The minimum absolute atomic E-state index is 0. The van der Waals surface area contributed by atoms with Crippen molar-refractivity contribution in [1.82, 2.24) is 0 Å². The van der Waals surface area contributed by atoms with Crippen molar-refractivity contribution in [2.75, 3.05) is 0 Å². The third kappa shape index (κ3) is 3.21. The summed E-state index contributed by atoms with van der Waals surface area (Å²) < 4.78 is 0. The van der Waals surface area contributed by atoms with E-state index in [-0.39, 0.29) is 29.6 Å². The van der Waals surface area contributed by atoms with Gasteiger partial charge in [0.15, 0.2) is 0 Å². The fourth-order valence-corrected chi connectivity index (χ4v) is 1.27. The number of rotatable bonds is 2. The van der Waals surface area contributed by atoms with Crippen molar-refractivity contribution in [3.63, 3.8) is 0 Å². The summed E-state index contributed by atoms with van der Waals surface area (Å²) in [6, 6.07) is 4.18. The second-order valence-corrected chi connectivity index (χ2v) is 2.60. The van der Waals surface area contributed by atoms with Crippen LogP contribution in [-0.4, -0.2) is 29.6 Å². The molecule has 0 unspecified atom stereocenters. The average Bonchev–Trinajstić information content (AvgIpc) is 2.19. The Morgan fingerprint density at radius 3 is 2.89 bits per heavy atom. The predicted molar refractivity (Wildman–Crippen MR) is 45.4 cm³/mol. The van der Waals surface area contributed by atoms with Crippen LogP contribution < -0.4 is 0 Å². The molecule has 0 fully saturated rings. The summed E-state index contributed by atoms with van der Waals surface area (Å²) in [5.41, 5.74) is 0. The van der Waals surface area contributed by atoms with Crippen LogP contribution in [-0.2, 0) is 6.42 Å². The average molecular weight is 148 g/mol. The summed E-state index contributed by atoms with van der Waals surface area (Å²) in [7, 11) is 0. The SMILES string of the molecule is C=CCc1cccs1.[NaH]. The van der Waals surface area contributed by atoms with Crippen LogP contribution in [0.15, 0.2) is 30.2 Å². The first-order valence-corrected chi connectivity index (χ1v) is 3.44. The predicted octanol–water partition coefficient (Wildman–Crippen LogP) is 1.83. The van der Waals surface area contributed by atoms with Gasteiger partial charge in [0, 0.05) is 4.88 Å². The molecule has 0 aliphatic heterocycles. The summed E-state index contributed by atoms with van der Waals surface area (Å²) in [4.78, 5) is 1.39. The molecule has 0 saturated heterocycles. The number of hydrogen-bond acceptors (Lipinski definition) is 1. The van der Waals surface area contributed by atoms with Crippen molar-refractivity contribution < 1.29 is 0 Å². The molecule has 1 aromatic rings. The molecule has 9 heavy (non-hydrogen) atoms. The number of allylic oxidation sites excluding steroid dienone is 1. The van der Waals surface area contributed by atoms with E-state index in [0.717, 1.165) is 6.42 Å². The Labute approximate surface area is 81.9 Å². The van der Waals surface area contributed by atoms with Gasteiger partial charge in [-0.1, -0.05) is 12.1 Å². The molecule has 1 rings (SSSR count). The third-order valence-corrected chi connectivity index (χ3v) is 1.82. The van der Waals surface area contributed by atoms with E-state index in [1.165, 1.54) is 4.88 Å². The Hall–Kier alpha value is 0.440. The van der Waals surface area contributed by atoms with Crippen molar-refractivity contribution in [3.8, 4) is 0 Å². The minimum atomic E-state index is 0. The molecule has 0 spiro atoms. The molecule has 0 aliphatic rings. The molecule has 0 aromatic carbocycles. The summed E-state index contributed by atoms with van der Waals surface area (Å²) in [6.45, 7) is 3.64. The molecular formula is C7H9NaS. The molecule has 1 heterocycles. The van der Waals surface area contributed by atoms with Crippen LogP contribution in [0.3, 0.4) is 0 Å². The molecule has 0 atom stereocenters. The first kappa shape index (κ1) is 9.44. The quantitative estimate of drug-likeness (QED) is 0.443. The summed E-state index contributed by atoms with van der Waals surface area (Å²) >= 11 is 1.78. The van der Waals surface area contributed by atoms with E-state index < -0.39 is 0 Å². The summed E-state index contributed by atoms with van der Waals surface area (Å²) in [5.74, 6) is 0. The topological polar surface area (TPSA) is 0 Å². The van der Waals surface area contributed by atoms with Gasteiger partial charge in [-0.3, -0.25) is 0 Å². The van der Waals surface area contributed by atoms with E-state index in [1.54, 1.807) is 11.3 Å². The number of hydrogen-bond donors (Lipinski definition) is 0. The molecule has 2 heteroatoms. The van der Waals surface area contributed by atoms with Gasteiger partial charge in [-0.25, -0.2) is 0 Å². The van der Waals surface area contributed by atoms with Crippen molar-refractivity contribution in [1.29, 1.82) is 0 Å². The standard InChI is InChI=1S/C7H8S.Na.H/c1-2-4-7-5-3-6-8-7;;/h2-3,5-6H,1,4H2;;. The van der Waals surface area contributed by atoms with Crippen molar-refractivity contribution in [2.24, 2.45) is 0 Å². The second kappa shape index (κ2) is 5.24. The van der Waals surface area contributed by atoms with Crippen molar-refractivity contribution >= 4 is 40.9 Å². The maximum atomic E-state index is 3.64. The molecule has 0 radical (unpaired) electrons. The summed E-state index contributed by atoms with van der Waals surface area (Å²) in [5, 5.41) is 2.08. The van der Waals surface area contributed by atoms with Gasteiger partial charge in [0.05, 0.1) is 0 Å². The van der Waals surface area contributed by atoms with Crippen LogP contribution in [0.5, 0.6) is 0 Å². The van der Waals surface area contributed by atoms with Crippen LogP contribution in [0.25, 0.3) is 0 Å². The zero-order chi connectivity index (χ0) is 5.82. The second-order valence-electron chi connectivity index (χ2n) is 1.57.